The molecule has 1 amide bonds. The van der Waals surface area contributed by atoms with Gasteiger partial charge in [0, 0.05) is 21.0 Å². The summed E-state index contributed by atoms with van der Waals surface area (Å²) in [6.07, 6.45) is -14.4. The molecule has 3 aromatic rings. The third-order valence-corrected chi connectivity index (χ3v) is 8.75. The molecule has 0 aromatic heterocycles. The maximum atomic E-state index is 13.3. The Morgan fingerprint density at radius 2 is 1.22 bits per heavy atom. The molecule has 296 valence electrons. The summed E-state index contributed by atoms with van der Waals surface area (Å²) in [6.45, 7) is 1.70. The highest BCUT2D eigenvalue weighted by atomic mass is 16.8. The number of hydrogen-bond donors (Lipinski definition) is 3. The van der Waals surface area contributed by atoms with Crippen molar-refractivity contribution < 1.29 is 72.0 Å². The molecule has 10 atom stereocenters. The first kappa shape index (κ1) is 41.2. The molecule has 5 rings (SSSR count). The Balaban J connectivity index is 1.51. The highest BCUT2D eigenvalue weighted by Gasteiger charge is 2.56. The van der Waals surface area contributed by atoms with Gasteiger partial charge in [-0.25, -0.2) is 9.59 Å². The van der Waals surface area contributed by atoms with Crippen LogP contribution in [0.3, 0.4) is 0 Å². The van der Waals surface area contributed by atoms with Crippen molar-refractivity contribution in [1.82, 2.24) is 5.32 Å². The van der Waals surface area contributed by atoms with Crippen molar-refractivity contribution in [2.24, 2.45) is 0 Å². The van der Waals surface area contributed by atoms with E-state index in [2.05, 4.69) is 5.32 Å². The van der Waals surface area contributed by atoms with Crippen LogP contribution >= 0.6 is 0 Å². The van der Waals surface area contributed by atoms with E-state index in [0.29, 0.717) is 5.56 Å². The van der Waals surface area contributed by atoms with Gasteiger partial charge in [0.15, 0.2) is 24.8 Å². The van der Waals surface area contributed by atoms with E-state index < -0.39 is 92.0 Å². The molecule has 0 aliphatic carbocycles. The van der Waals surface area contributed by atoms with Gasteiger partial charge in [0.1, 0.15) is 49.8 Å². The number of rotatable bonds is 16. The molecule has 0 bridgehead atoms. The van der Waals surface area contributed by atoms with Gasteiger partial charge in [0.05, 0.1) is 13.2 Å². The number of nitrogens with one attached hydrogen (secondary N) is 1. The van der Waals surface area contributed by atoms with Crippen molar-refractivity contribution in [2.45, 2.75) is 95.0 Å². The Labute approximate surface area is 317 Å². The lowest BCUT2D eigenvalue weighted by Gasteiger charge is -2.48. The molecule has 3 N–H and O–H groups in total. The molecule has 0 radical (unpaired) electrons. The zero-order valence-corrected chi connectivity index (χ0v) is 30.5. The van der Waals surface area contributed by atoms with E-state index in [1.165, 1.54) is 14.0 Å². The second kappa shape index (κ2) is 20.1. The lowest BCUT2D eigenvalue weighted by atomic mass is 9.95. The summed E-state index contributed by atoms with van der Waals surface area (Å²) in [4.78, 5) is 50.3. The van der Waals surface area contributed by atoms with Gasteiger partial charge < -0.3 is 58.2 Å². The van der Waals surface area contributed by atoms with E-state index in [9.17, 15) is 29.4 Å². The SMILES string of the molecule is CO[C@H]1O[C@H](COC(C)=O)[C@@H](O[C@H]2O[C@@H](C(=O)O)[C@@H](O)[C@H](OCc3ccccc3)[C@H]2OC(C)=O)[C@H](OCc2ccccc2)[C@H]1NC(=O)OCc1ccccc1. The smallest absolute Gasteiger partial charge is 0.407 e. The number of carbonyl (C=O) groups is 4. The van der Waals surface area contributed by atoms with Crippen LogP contribution in [0.1, 0.15) is 30.5 Å². The normalized spacial score (nSPS) is 27.7. The number of ether oxygens (including phenoxy) is 9. The highest BCUT2D eigenvalue weighted by molar-refractivity contribution is 5.73. The molecule has 55 heavy (non-hydrogen) atoms. The number of methoxy groups -OCH3 is 1. The molecule has 2 heterocycles. The Bertz CT molecular complexity index is 1680. The van der Waals surface area contributed by atoms with E-state index in [4.69, 9.17) is 42.6 Å². The summed E-state index contributed by atoms with van der Waals surface area (Å²) in [5, 5.41) is 24.1. The number of alkyl carbamates (subject to hydrolysis) is 1. The van der Waals surface area contributed by atoms with Crippen molar-refractivity contribution >= 4 is 24.0 Å². The Morgan fingerprint density at radius 1 is 0.673 bits per heavy atom. The summed E-state index contributed by atoms with van der Waals surface area (Å²) >= 11 is 0. The molecular formula is C39H45NO15. The van der Waals surface area contributed by atoms with Gasteiger partial charge in [-0.2, -0.15) is 0 Å². The number of carboxylic acids is 1. The van der Waals surface area contributed by atoms with Crippen LogP contribution in [0.4, 0.5) is 4.79 Å². The van der Waals surface area contributed by atoms with Crippen LogP contribution in [-0.4, -0.2) is 109 Å². The molecule has 3 aromatic carbocycles. The summed E-state index contributed by atoms with van der Waals surface area (Å²) in [7, 11) is 1.33. The topological polar surface area (TPSA) is 204 Å². The van der Waals surface area contributed by atoms with E-state index >= 15 is 0 Å². The molecule has 0 unspecified atom stereocenters. The minimum Gasteiger partial charge on any atom is -0.479 e. The Kier molecular flexibility index (Phi) is 15.1. The number of hydrogen-bond acceptors (Lipinski definition) is 14. The van der Waals surface area contributed by atoms with Crippen LogP contribution in [-0.2, 0) is 76.8 Å². The summed E-state index contributed by atoms with van der Waals surface area (Å²) < 4.78 is 53.1. The van der Waals surface area contributed by atoms with E-state index in [1.54, 1.807) is 66.7 Å². The average Bonchev–Trinajstić information content (AvgIpc) is 3.18. The largest absolute Gasteiger partial charge is 0.479 e. The number of aliphatic hydroxyl groups excluding tert-OH is 1. The van der Waals surface area contributed by atoms with Gasteiger partial charge in [0.2, 0.25) is 0 Å². The van der Waals surface area contributed by atoms with Crippen LogP contribution in [0.5, 0.6) is 0 Å². The maximum Gasteiger partial charge on any atom is 0.407 e. The van der Waals surface area contributed by atoms with Crippen LogP contribution in [0.25, 0.3) is 0 Å². The summed E-state index contributed by atoms with van der Waals surface area (Å²) in [5.74, 6) is -3.02. The maximum absolute atomic E-state index is 13.3. The monoisotopic (exact) mass is 767 g/mol. The zero-order valence-electron chi connectivity index (χ0n) is 30.5. The average molecular weight is 768 g/mol. The third kappa shape index (κ3) is 11.5. The lowest BCUT2D eigenvalue weighted by molar-refractivity contribution is -0.350. The number of aliphatic hydroxyl groups is 1. The van der Waals surface area contributed by atoms with Gasteiger partial charge in [-0.15, -0.1) is 0 Å². The van der Waals surface area contributed by atoms with E-state index in [0.717, 1.165) is 18.1 Å². The van der Waals surface area contributed by atoms with Crippen LogP contribution in [0.2, 0.25) is 0 Å². The molecule has 2 saturated heterocycles. The molecular weight excluding hydrogens is 722 g/mol. The Hall–Kier alpha value is -4.94. The zero-order chi connectivity index (χ0) is 39.3. The molecule has 0 spiro atoms. The fourth-order valence-corrected chi connectivity index (χ4v) is 6.19. The van der Waals surface area contributed by atoms with Crippen molar-refractivity contribution in [3.63, 3.8) is 0 Å². The second-order valence-corrected chi connectivity index (χ2v) is 12.8. The van der Waals surface area contributed by atoms with E-state index in [-0.39, 0.29) is 19.8 Å². The number of aliphatic carboxylic acids is 1. The second-order valence-electron chi connectivity index (χ2n) is 12.8. The Morgan fingerprint density at radius 3 is 1.73 bits per heavy atom. The molecule has 16 heteroatoms. The number of carbonyl (C=O) groups excluding carboxylic acids is 3. The fourth-order valence-electron chi connectivity index (χ4n) is 6.19. The van der Waals surface area contributed by atoms with Crippen molar-refractivity contribution in [3.8, 4) is 0 Å². The predicted octanol–water partition coefficient (Wildman–Crippen LogP) is 2.87. The summed E-state index contributed by atoms with van der Waals surface area (Å²) in [5.41, 5.74) is 2.15. The quantitative estimate of drug-likeness (QED) is 0.142. The molecule has 2 aliphatic heterocycles. The fraction of sp³-hybridized carbons (Fsp3) is 0.436. The molecule has 2 fully saturated rings. The van der Waals surface area contributed by atoms with Crippen LogP contribution in [0.15, 0.2) is 91.0 Å². The third-order valence-electron chi connectivity index (χ3n) is 8.75. The molecule has 0 saturated carbocycles. The summed E-state index contributed by atoms with van der Waals surface area (Å²) in [6, 6.07) is 25.7. The van der Waals surface area contributed by atoms with Gasteiger partial charge in [-0.05, 0) is 16.7 Å². The number of benzene rings is 3. The number of esters is 2. The van der Waals surface area contributed by atoms with Crippen molar-refractivity contribution in [3.05, 3.63) is 108 Å². The highest BCUT2D eigenvalue weighted by Crippen LogP contribution is 2.34. The van der Waals surface area contributed by atoms with Gasteiger partial charge in [-0.3, -0.25) is 9.59 Å². The van der Waals surface area contributed by atoms with Crippen molar-refractivity contribution in [1.29, 1.82) is 0 Å². The van der Waals surface area contributed by atoms with Crippen LogP contribution in [0, 0.1) is 0 Å². The van der Waals surface area contributed by atoms with Crippen LogP contribution < -0.4 is 5.32 Å². The molecule has 2 aliphatic rings. The number of amides is 1. The minimum absolute atomic E-state index is 0.0303. The minimum atomic E-state index is -1.91. The van der Waals surface area contributed by atoms with Crippen molar-refractivity contribution in [2.75, 3.05) is 13.7 Å². The first-order valence-corrected chi connectivity index (χ1v) is 17.5. The standard InChI is InChI=1S/C39H45NO15/c1-23(41)48-22-28-31(54-38-35(52-24(2)42)33(30(43)34(55-38)36(44)45)50-20-26-15-9-5-10-16-26)32(49-19-25-13-7-4-8-14-25)29(37(47-3)53-28)40-39(46)51-21-27-17-11-6-12-18-27/h4-18,28-35,37-38,43H,19-22H2,1-3H3,(H,40,46)(H,44,45)/t28-,29-,30+,31-,32-,33+,34-,35-,37+,38+/m1/s1. The van der Waals surface area contributed by atoms with Gasteiger partial charge >= 0.3 is 24.0 Å². The predicted molar refractivity (Wildman–Crippen MR) is 189 cm³/mol. The first-order valence-electron chi connectivity index (χ1n) is 17.5. The van der Waals surface area contributed by atoms with Gasteiger partial charge in [0.25, 0.3) is 0 Å². The first-order chi connectivity index (χ1) is 26.5. The molecule has 16 nitrogen and oxygen atoms in total. The van der Waals surface area contributed by atoms with Gasteiger partial charge in [-0.1, -0.05) is 91.0 Å². The lowest BCUT2D eigenvalue weighted by Crippen LogP contribution is -2.68. The number of carboxylic acid groups (broad SMARTS) is 1. The van der Waals surface area contributed by atoms with E-state index in [1.807, 2.05) is 24.3 Å².